The summed E-state index contributed by atoms with van der Waals surface area (Å²) in [6.07, 6.45) is 0.154. The van der Waals surface area contributed by atoms with Crippen LogP contribution in [0.3, 0.4) is 0 Å². The van der Waals surface area contributed by atoms with Crippen LogP contribution in [0.5, 0.6) is 0 Å². The Hall–Kier alpha value is -2.33. The molecular weight excluding hydrogens is 338 g/mol. The van der Waals surface area contributed by atoms with Gasteiger partial charge in [0.25, 0.3) is 5.91 Å². The van der Waals surface area contributed by atoms with Crippen LogP contribution in [0.25, 0.3) is 0 Å². The second-order valence-corrected chi connectivity index (χ2v) is 6.53. The first kappa shape index (κ1) is 19.0. The highest BCUT2D eigenvalue weighted by molar-refractivity contribution is 6.30. The Morgan fingerprint density at radius 3 is 2.40 bits per heavy atom. The second kappa shape index (κ2) is 8.67. The zero-order valence-electron chi connectivity index (χ0n) is 14.6. The molecule has 0 aliphatic heterocycles. The maximum absolute atomic E-state index is 11.9. The fourth-order valence-electron chi connectivity index (χ4n) is 2.40. The number of hydrogen-bond acceptors (Lipinski definition) is 3. The van der Waals surface area contributed by atoms with E-state index < -0.39 is 5.97 Å². The molecule has 2 rings (SSSR count). The summed E-state index contributed by atoms with van der Waals surface area (Å²) in [7, 11) is 0. The highest BCUT2D eigenvalue weighted by Crippen LogP contribution is 2.16. The quantitative estimate of drug-likeness (QED) is 0.795. The van der Waals surface area contributed by atoms with Crippen molar-refractivity contribution in [1.82, 2.24) is 5.32 Å². The zero-order chi connectivity index (χ0) is 18.4. The summed E-state index contributed by atoms with van der Waals surface area (Å²) < 4.78 is 5.06. The predicted octanol–water partition coefficient (Wildman–Crippen LogP) is 3.92. The molecule has 0 aliphatic rings. The molecule has 0 aromatic heterocycles. The first-order chi connectivity index (χ1) is 11.8. The number of halogens is 1. The third-order valence-corrected chi connectivity index (χ3v) is 4.28. The Morgan fingerprint density at radius 1 is 1.08 bits per heavy atom. The lowest BCUT2D eigenvalue weighted by atomic mass is 10.0. The van der Waals surface area contributed by atoms with E-state index in [2.05, 4.69) is 5.32 Å². The summed E-state index contributed by atoms with van der Waals surface area (Å²) in [6, 6.07) is 12.9. The minimum atomic E-state index is -0.419. The van der Waals surface area contributed by atoms with E-state index in [0.717, 1.165) is 16.7 Å². The molecule has 0 heterocycles. The van der Waals surface area contributed by atoms with Crippen molar-refractivity contribution >= 4 is 23.5 Å². The van der Waals surface area contributed by atoms with Gasteiger partial charge in [-0.25, -0.2) is 0 Å². The number of amides is 1. The molecule has 0 saturated heterocycles. The van der Waals surface area contributed by atoms with E-state index in [4.69, 9.17) is 16.3 Å². The summed E-state index contributed by atoms with van der Waals surface area (Å²) >= 11 is 5.85. The van der Waals surface area contributed by atoms with Gasteiger partial charge in [-0.15, -0.1) is 0 Å². The number of ether oxygens (including phenoxy) is 1. The molecule has 2 aromatic carbocycles. The molecule has 2 aromatic rings. The number of aryl methyl sites for hydroxylation is 2. The summed E-state index contributed by atoms with van der Waals surface area (Å²) in [4.78, 5) is 23.8. The van der Waals surface area contributed by atoms with Crippen LogP contribution in [0.4, 0.5) is 0 Å². The number of hydrogen-bond donors (Lipinski definition) is 1. The van der Waals surface area contributed by atoms with Gasteiger partial charge in [0, 0.05) is 5.02 Å². The average Bonchev–Trinajstić information content (AvgIpc) is 2.57. The lowest BCUT2D eigenvalue weighted by Crippen LogP contribution is -2.31. The topological polar surface area (TPSA) is 55.4 Å². The number of nitrogens with one attached hydrogen (secondary N) is 1. The number of carbonyl (C=O) groups is 2. The van der Waals surface area contributed by atoms with E-state index in [9.17, 15) is 9.59 Å². The molecule has 0 unspecified atom stereocenters. The van der Waals surface area contributed by atoms with Crippen molar-refractivity contribution < 1.29 is 14.3 Å². The lowest BCUT2D eigenvalue weighted by Gasteiger charge is -2.14. The molecule has 0 radical (unpaired) electrons. The molecule has 0 saturated carbocycles. The summed E-state index contributed by atoms with van der Waals surface area (Å²) in [6.45, 7) is 5.58. The summed E-state index contributed by atoms with van der Waals surface area (Å²) in [5, 5.41) is 3.43. The molecule has 1 N–H and O–H groups in total. The first-order valence-electron chi connectivity index (χ1n) is 8.11. The fourth-order valence-corrected chi connectivity index (χ4v) is 2.52. The fraction of sp³-hybridized carbons (Fsp3) is 0.300. The zero-order valence-corrected chi connectivity index (χ0v) is 15.4. The third-order valence-electron chi connectivity index (χ3n) is 4.03. The number of rotatable bonds is 6. The standard InChI is InChI=1S/C20H22ClNO3/c1-13-4-5-16(10-14(13)2)11-20(24)25-12-19(23)22-15(3)17-6-8-18(21)9-7-17/h4-10,15H,11-12H2,1-3H3,(H,22,23)/t15-/m0/s1. The van der Waals surface area contributed by atoms with Crippen LogP contribution in [0.15, 0.2) is 42.5 Å². The first-order valence-corrected chi connectivity index (χ1v) is 8.49. The highest BCUT2D eigenvalue weighted by Gasteiger charge is 2.12. The van der Waals surface area contributed by atoms with Gasteiger partial charge in [0.05, 0.1) is 12.5 Å². The number of benzene rings is 2. The van der Waals surface area contributed by atoms with Crippen molar-refractivity contribution in [2.45, 2.75) is 33.2 Å². The molecule has 1 atom stereocenters. The minimum Gasteiger partial charge on any atom is -0.455 e. The van der Waals surface area contributed by atoms with Gasteiger partial charge in [0.2, 0.25) is 0 Å². The van der Waals surface area contributed by atoms with Crippen LogP contribution in [0.2, 0.25) is 5.02 Å². The van der Waals surface area contributed by atoms with Crippen molar-refractivity contribution in [2.75, 3.05) is 6.61 Å². The molecule has 0 fully saturated rings. The van der Waals surface area contributed by atoms with Gasteiger partial charge < -0.3 is 10.1 Å². The molecule has 4 nitrogen and oxygen atoms in total. The minimum absolute atomic E-state index is 0.154. The molecule has 5 heteroatoms. The largest absolute Gasteiger partial charge is 0.455 e. The van der Waals surface area contributed by atoms with Crippen LogP contribution in [-0.4, -0.2) is 18.5 Å². The van der Waals surface area contributed by atoms with Crippen LogP contribution in [0, 0.1) is 13.8 Å². The smallest absolute Gasteiger partial charge is 0.310 e. The van der Waals surface area contributed by atoms with Gasteiger partial charge in [-0.2, -0.15) is 0 Å². The van der Waals surface area contributed by atoms with Gasteiger partial charge in [-0.05, 0) is 55.2 Å². The molecule has 132 valence electrons. The monoisotopic (exact) mass is 359 g/mol. The molecule has 0 bridgehead atoms. The Kier molecular flexibility index (Phi) is 6.59. The Bertz CT molecular complexity index is 756. The lowest BCUT2D eigenvalue weighted by molar-refractivity contribution is -0.148. The Balaban J connectivity index is 1.79. The van der Waals surface area contributed by atoms with Crippen molar-refractivity contribution in [3.8, 4) is 0 Å². The average molecular weight is 360 g/mol. The van der Waals surface area contributed by atoms with Crippen LogP contribution in [0.1, 0.15) is 35.2 Å². The highest BCUT2D eigenvalue weighted by atomic mass is 35.5. The van der Waals surface area contributed by atoms with E-state index >= 15 is 0 Å². The Labute approximate surface area is 153 Å². The van der Waals surface area contributed by atoms with E-state index in [-0.39, 0.29) is 25.0 Å². The van der Waals surface area contributed by atoms with Crippen LogP contribution in [-0.2, 0) is 20.7 Å². The van der Waals surface area contributed by atoms with Gasteiger partial charge >= 0.3 is 5.97 Å². The van der Waals surface area contributed by atoms with E-state index in [0.29, 0.717) is 5.02 Å². The molecule has 0 aliphatic carbocycles. The van der Waals surface area contributed by atoms with Crippen molar-refractivity contribution in [2.24, 2.45) is 0 Å². The molecule has 0 spiro atoms. The van der Waals surface area contributed by atoms with Crippen LogP contribution >= 0.6 is 11.6 Å². The predicted molar refractivity (Wildman–Crippen MR) is 98.6 cm³/mol. The SMILES string of the molecule is Cc1ccc(CC(=O)OCC(=O)N[C@@H](C)c2ccc(Cl)cc2)cc1C. The van der Waals surface area contributed by atoms with Crippen molar-refractivity contribution in [3.05, 3.63) is 69.7 Å². The molecule has 25 heavy (non-hydrogen) atoms. The number of esters is 1. The van der Waals surface area contributed by atoms with Gasteiger partial charge in [0.1, 0.15) is 0 Å². The van der Waals surface area contributed by atoms with E-state index in [1.54, 1.807) is 12.1 Å². The van der Waals surface area contributed by atoms with Crippen molar-refractivity contribution in [3.63, 3.8) is 0 Å². The van der Waals surface area contributed by atoms with E-state index in [1.807, 2.05) is 51.1 Å². The van der Waals surface area contributed by atoms with E-state index in [1.165, 1.54) is 5.56 Å². The van der Waals surface area contributed by atoms with Gasteiger partial charge in [0.15, 0.2) is 6.61 Å². The normalized spacial score (nSPS) is 11.7. The van der Waals surface area contributed by atoms with Gasteiger partial charge in [-0.3, -0.25) is 9.59 Å². The summed E-state index contributed by atoms with van der Waals surface area (Å²) in [5.41, 5.74) is 4.11. The maximum atomic E-state index is 11.9. The van der Waals surface area contributed by atoms with Gasteiger partial charge in [-0.1, -0.05) is 41.9 Å². The maximum Gasteiger partial charge on any atom is 0.310 e. The second-order valence-electron chi connectivity index (χ2n) is 6.10. The Morgan fingerprint density at radius 2 is 1.76 bits per heavy atom. The molecule has 1 amide bonds. The van der Waals surface area contributed by atoms with Crippen molar-refractivity contribution in [1.29, 1.82) is 0 Å². The molecular formula is C20H22ClNO3. The van der Waals surface area contributed by atoms with Crippen LogP contribution < -0.4 is 5.32 Å². The number of carbonyl (C=O) groups excluding carboxylic acids is 2. The third kappa shape index (κ3) is 5.91. The summed E-state index contributed by atoms with van der Waals surface area (Å²) in [5.74, 6) is -0.756.